The van der Waals surface area contributed by atoms with Gasteiger partial charge in [0.15, 0.2) is 6.61 Å². The molecule has 0 saturated carbocycles. The first-order valence-corrected chi connectivity index (χ1v) is 8.64. The van der Waals surface area contributed by atoms with Crippen molar-refractivity contribution in [1.29, 1.82) is 0 Å². The highest BCUT2D eigenvalue weighted by molar-refractivity contribution is 5.97. The van der Waals surface area contributed by atoms with Crippen LogP contribution in [0, 0.1) is 17.0 Å². The maximum atomic E-state index is 12.1. The molecule has 1 amide bonds. The number of nitro groups is 1. The Labute approximate surface area is 157 Å². The highest BCUT2D eigenvalue weighted by atomic mass is 16.6. The molecule has 2 rings (SSSR count). The van der Waals surface area contributed by atoms with E-state index in [1.54, 1.807) is 12.1 Å². The Morgan fingerprint density at radius 2 is 1.85 bits per heavy atom. The SMILES string of the molecule is CC[C@@H](C)c1ccc(NC(=O)COC(=O)c2cccc(C)c2[N+](=O)[O-])cc1. The first-order valence-electron chi connectivity index (χ1n) is 8.64. The number of nitrogens with one attached hydrogen (secondary N) is 1. The number of amides is 1. The van der Waals surface area contributed by atoms with Crippen molar-refractivity contribution >= 4 is 23.3 Å². The molecule has 0 aliphatic carbocycles. The summed E-state index contributed by atoms with van der Waals surface area (Å²) in [4.78, 5) is 34.6. The monoisotopic (exact) mass is 370 g/mol. The quantitative estimate of drug-likeness (QED) is 0.447. The summed E-state index contributed by atoms with van der Waals surface area (Å²) < 4.78 is 4.93. The van der Waals surface area contributed by atoms with Crippen molar-refractivity contribution in [1.82, 2.24) is 0 Å². The number of anilines is 1. The zero-order valence-corrected chi connectivity index (χ0v) is 15.5. The van der Waals surface area contributed by atoms with E-state index >= 15 is 0 Å². The van der Waals surface area contributed by atoms with Gasteiger partial charge in [-0.3, -0.25) is 14.9 Å². The van der Waals surface area contributed by atoms with Crippen molar-refractivity contribution < 1.29 is 19.2 Å². The highest BCUT2D eigenvalue weighted by Crippen LogP contribution is 2.24. The van der Waals surface area contributed by atoms with Crippen LogP contribution in [0.2, 0.25) is 0 Å². The number of nitro benzene ring substituents is 1. The molecule has 0 fully saturated rings. The van der Waals surface area contributed by atoms with Crippen molar-refractivity contribution in [3.63, 3.8) is 0 Å². The molecule has 1 N–H and O–H groups in total. The van der Waals surface area contributed by atoms with Gasteiger partial charge in [0, 0.05) is 11.3 Å². The van der Waals surface area contributed by atoms with Gasteiger partial charge in [-0.15, -0.1) is 0 Å². The number of esters is 1. The Morgan fingerprint density at radius 3 is 2.44 bits per heavy atom. The molecule has 2 aromatic carbocycles. The number of carbonyl (C=O) groups excluding carboxylic acids is 2. The van der Waals surface area contributed by atoms with E-state index in [9.17, 15) is 19.7 Å². The van der Waals surface area contributed by atoms with Crippen LogP contribution in [0.3, 0.4) is 0 Å². The van der Waals surface area contributed by atoms with E-state index in [1.165, 1.54) is 30.7 Å². The van der Waals surface area contributed by atoms with Crippen LogP contribution >= 0.6 is 0 Å². The lowest BCUT2D eigenvalue weighted by Gasteiger charge is -2.11. The Bertz CT molecular complexity index is 846. The maximum Gasteiger partial charge on any atom is 0.345 e. The van der Waals surface area contributed by atoms with Crippen LogP contribution < -0.4 is 5.32 Å². The second-order valence-corrected chi connectivity index (χ2v) is 6.28. The summed E-state index contributed by atoms with van der Waals surface area (Å²) in [5.74, 6) is -0.997. The molecule has 0 heterocycles. The Morgan fingerprint density at radius 1 is 1.19 bits per heavy atom. The van der Waals surface area contributed by atoms with Gasteiger partial charge in [-0.05, 0) is 43.0 Å². The molecule has 2 aromatic rings. The first kappa shape index (κ1) is 20.1. The molecule has 7 heteroatoms. The summed E-state index contributed by atoms with van der Waals surface area (Å²) in [5.41, 5.74) is 1.62. The smallest absolute Gasteiger partial charge is 0.345 e. The van der Waals surface area contributed by atoms with Crippen LogP contribution in [0.15, 0.2) is 42.5 Å². The van der Waals surface area contributed by atoms with E-state index in [1.807, 2.05) is 12.1 Å². The molecule has 0 radical (unpaired) electrons. The Kier molecular flexibility index (Phi) is 6.65. The molecular formula is C20H22N2O5. The zero-order chi connectivity index (χ0) is 20.0. The van der Waals surface area contributed by atoms with E-state index in [2.05, 4.69) is 19.2 Å². The van der Waals surface area contributed by atoms with Crippen molar-refractivity contribution in [2.24, 2.45) is 0 Å². The maximum absolute atomic E-state index is 12.1. The van der Waals surface area contributed by atoms with E-state index in [0.29, 0.717) is 17.2 Å². The largest absolute Gasteiger partial charge is 0.452 e. The second-order valence-electron chi connectivity index (χ2n) is 6.28. The van der Waals surface area contributed by atoms with E-state index in [4.69, 9.17) is 4.74 Å². The molecule has 7 nitrogen and oxygen atoms in total. The topological polar surface area (TPSA) is 98.5 Å². The van der Waals surface area contributed by atoms with Crippen LogP contribution in [0.5, 0.6) is 0 Å². The Hall–Kier alpha value is -3.22. The minimum atomic E-state index is -0.910. The average molecular weight is 370 g/mol. The van der Waals surface area contributed by atoms with Gasteiger partial charge in [0.2, 0.25) is 0 Å². The number of carbonyl (C=O) groups is 2. The molecule has 0 unspecified atom stereocenters. The lowest BCUT2D eigenvalue weighted by atomic mass is 9.99. The number of nitrogens with zero attached hydrogens (tertiary/aromatic N) is 1. The van der Waals surface area contributed by atoms with Gasteiger partial charge in [0.05, 0.1) is 4.92 Å². The van der Waals surface area contributed by atoms with Crippen molar-refractivity contribution in [3.05, 3.63) is 69.3 Å². The van der Waals surface area contributed by atoms with Gasteiger partial charge in [-0.25, -0.2) is 4.79 Å². The predicted molar refractivity (Wildman–Crippen MR) is 102 cm³/mol. The third-order valence-corrected chi connectivity index (χ3v) is 4.35. The van der Waals surface area contributed by atoms with E-state index in [-0.39, 0.29) is 11.3 Å². The van der Waals surface area contributed by atoms with Gasteiger partial charge in [0.1, 0.15) is 5.56 Å². The lowest BCUT2D eigenvalue weighted by Crippen LogP contribution is -2.21. The number of benzene rings is 2. The molecule has 0 saturated heterocycles. The third-order valence-electron chi connectivity index (χ3n) is 4.35. The summed E-state index contributed by atoms with van der Waals surface area (Å²) in [5, 5.41) is 13.8. The van der Waals surface area contributed by atoms with Crippen LogP contribution in [0.25, 0.3) is 0 Å². The lowest BCUT2D eigenvalue weighted by molar-refractivity contribution is -0.385. The summed E-state index contributed by atoms with van der Waals surface area (Å²) in [7, 11) is 0. The van der Waals surface area contributed by atoms with Gasteiger partial charge in [-0.1, -0.05) is 38.1 Å². The van der Waals surface area contributed by atoms with Crippen LogP contribution in [0.4, 0.5) is 11.4 Å². The minimum absolute atomic E-state index is 0.175. The normalized spacial score (nSPS) is 11.5. The zero-order valence-electron chi connectivity index (χ0n) is 15.5. The fourth-order valence-corrected chi connectivity index (χ4v) is 2.60. The summed E-state index contributed by atoms with van der Waals surface area (Å²) in [6, 6.07) is 11.8. The summed E-state index contributed by atoms with van der Waals surface area (Å²) in [6.07, 6.45) is 1.02. The fraction of sp³-hybridized carbons (Fsp3) is 0.300. The average Bonchev–Trinajstić information content (AvgIpc) is 2.65. The van der Waals surface area contributed by atoms with E-state index in [0.717, 1.165) is 6.42 Å². The number of hydrogen-bond donors (Lipinski definition) is 1. The van der Waals surface area contributed by atoms with Crippen LogP contribution in [-0.2, 0) is 9.53 Å². The molecule has 27 heavy (non-hydrogen) atoms. The van der Waals surface area contributed by atoms with Gasteiger partial charge in [-0.2, -0.15) is 0 Å². The second kappa shape index (κ2) is 8.93. The summed E-state index contributed by atoms with van der Waals surface area (Å²) in [6.45, 7) is 5.23. The molecule has 1 atom stereocenters. The predicted octanol–water partition coefficient (Wildman–Crippen LogP) is 4.21. The molecule has 0 aliphatic rings. The molecular weight excluding hydrogens is 348 g/mol. The number of hydrogen-bond acceptors (Lipinski definition) is 5. The number of para-hydroxylation sites is 1. The molecule has 142 valence electrons. The molecule has 0 bridgehead atoms. The highest BCUT2D eigenvalue weighted by Gasteiger charge is 2.24. The summed E-state index contributed by atoms with van der Waals surface area (Å²) >= 11 is 0. The Balaban J connectivity index is 1.97. The number of aryl methyl sites for hydroxylation is 1. The van der Waals surface area contributed by atoms with Crippen molar-refractivity contribution in [2.45, 2.75) is 33.1 Å². The van der Waals surface area contributed by atoms with Crippen LogP contribution in [0.1, 0.15) is 47.7 Å². The number of ether oxygens (including phenoxy) is 1. The standard InChI is InChI=1S/C20H22N2O5/c1-4-13(2)15-8-10-16(11-9-15)21-18(23)12-27-20(24)17-7-5-6-14(3)19(17)22(25)26/h5-11,13H,4,12H2,1-3H3,(H,21,23)/t13-/m1/s1. The minimum Gasteiger partial charge on any atom is -0.452 e. The van der Waals surface area contributed by atoms with Gasteiger partial charge >= 0.3 is 5.97 Å². The molecule has 0 spiro atoms. The fourth-order valence-electron chi connectivity index (χ4n) is 2.60. The molecule has 0 aliphatic heterocycles. The van der Waals surface area contributed by atoms with Crippen LogP contribution in [-0.4, -0.2) is 23.4 Å². The number of rotatable bonds is 7. The van der Waals surface area contributed by atoms with Gasteiger partial charge < -0.3 is 10.1 Å². The van der Waals surface area contributed by atoms with Gasteiger partial charge in [0.25, 0.3) is 11.6 Å². The molecule has 0 aromatic heterocycles. The van der Waals surface area contributed by atoms with Crippen molar-refractivity contribution in [3.8, 4) is 0 Å². The van der Waals surface area contributed by atoms with E-state index < -0.39 is 23.4 Å². The first-order chi connectivity index (χ1) is 12.8. The van der Waals surface area contributed by atoms with Crippen molar-refractivity contribution in [2.75, 3.05) is 11.9 Å². The third kappa shape index (κ3) is 5.13.